The molecule has 0 amide bonds. The first-order valence-electron chi connectivity index (χ1n) is 14.3. The van der Waals surface area contributed by atoms with Crippen LogP contribution < -0.4 is 0 Å². The minimum absolute atomic E-state index is 0.813. The molecule has 0 spiro atoms. The van der Waals surface area contributed by atoms with Crippen molar-refractivity contribution in [3.8, 4) is 22.3 Å². The van der Waals surface area contributed by atoms with Gasteiger partial charge >= 0.3 is 0 Å². The molecule has 198 valence electrons. The first-order chi connectivity index (χ1) is 18.4. The molecule has 0 aromatic heterocycles. The Morgan fingerprint density at radius 3 is 1.84 bits per heavy atom. The summed E-state index contributed by atoms with van der Waals surface area (Å²) in [5.74, 6) is 0. The lowest BCUT2D eigenvalue weighted by atomic mass is 9.86. The van der Waals surface area contributed by atoms with Gasteiger partial charge in [0.2, 0.25) is 0 Å². The predicted molar refractivity (Wildman–Crippen MR) is 170 cm³/mol. The fourth-order valence-corrected chi connectivity index (χ4v) is 4.90. The predicted octanol–water partition coefficient (Wildman–Crippen LogP) is 11.1. The summed E-state index contributed by atoms with van der Waals surface area (Å²) in [5, 5.41) is 0. The van der Waals surface area contributed by atoms with E-state index in [9.17, 15) is 0 Å². The molecule has 0 aliphatic carbocycles. The monoisotopic (exact) mass is 502 g/mol. The SMILES string of the molecule is C=CC(=C)Cc1cc(-c2ccc(-c3ccc(CCCCC)cc3)cc2)c(CC(=C)C(=C)C)cc1CCCC. The molecular formula is C38H46. The number of rotatable bonds is 15. The molecule has 0 heteroatoms. The lowest BCUT2D eigenvalue weighted by Crippen LogP contribution is -2.02. The number of hydrogen-bond donors (Lipinski definition) is 0. The summed E-state index contributed by atoms with van der Waals surface area (Å²) in [5.41, 5.74) is 13.7. The van der Waals surface area contributed by atoms with Crippen LogP contribution in [0.5, 0.6) is 0 Å². The van der Waals surface area contributed by atoms with Crippen LogP contribution in [0.25, 0.3) is 22.3 Å². The van der Waals surface area contributed by atoms with Crippen LogP contribution in [0.4, 0.5) is 0 Å². The topological polar surface area (TPSA) is 0 Å². The molecule has 3 aromatic carbocycles. The van der Waals surface area contributed by atoms with E-state index in [-0.39, 0.29) is 0 Å². The van der Waals surface area contributed by atoms with Gasteiger partial charge in [0.15, 0.2) is 0 Å². The molecule has 0 aliphatic heterocycles. The van der Waals surface area contributed by atoms with E-state index in [0.717, 1.165) is 36.0 Å². The lowest BCUT2D eigenvalue weighted by Gasteiger charge is -2.19. The summed E-state index contributed by atoms with van der Waals surface area (Å²) in [4.78, 5) is 0. The van der Waals surface area contributed by atoms with Crippen LogP contribution in [-0.4, -0.2) is 0 Å². The molecule has 3 rings (SSSR count). The molecule has 3 aromatic rings. The Balaban J connectivity index is 1.98. The summed E-state index contributed by atoms with van der Waals surface area (Å²) in [6, 6.07) is 23.0. The molecular weight excluding hydrogens is 456 g/mol. The van der Waals surface area contributed by atoms with Crippen molar-refractivity contribution in [3.05, 3.63) is 132 Å². The molecule has 0 bridgehead atoms. The summed E-state index contributed by atoms with van der Waals surface area (Å²) >= 11 is 0. The Morgan fingerprint density at radius 1 is 0.658 bits per heavy atom. The van der Waals surface area contributed by atoms with Crippen molar-refractivity contribution in [2.45, 2.75) is 78.6 Å². The van der Waals surface area contributed by atoms with Crippen LogP contribution in [0, 0.1) is 0 Å². The molecule has 0 saturated heterocycles. The Bertz CT molecular complexity index is 1250. The number of allylic oxidation sites excluding steroid dienone is 4. The number of hydrogen-bond acceptors (Lipinski definition) is 0. The minimum atomic E-state index is 0.813. The van der Waals surface area contributed by atoms with Gasteiger partial charge in [-0.15, -0.1) is 0 Å². The fourth-order valence-electron chi connectivity index (χ4n) is 4.90. The highest BCUT2D eigenvalue weighted by Gasteiger charge is 2.14. The summed E-state index contributed by atoms with van der Waals surface area (Å²) in [6.45, 7) is 23.2. The molecule has 0 saturated carbocycles. The average molecular weight is 503 g/mol. The van der Waals surface area contributed by atoms with Crippen LogP contribution in [0.2, 0.25) is 0 Å². The van der Waals surface area contributed by atoms with Gasteiger partial charge in [-0.3, -0.25) is 0 Å². The first-order valence-corrected chi connectivity index (χ1v) is 14.3. The standard InChI is InChI=1S/C38H46/c1-8-11-13-14-31-16-18-32(19-17-31)33-20-22-34(23-21-33)38-27-36(24-29(6)10-3)35(15-12-9-2)26-37(38)25-30(7)28(4)5/h10,16-23,26-27H,3-4,6-9,11-15,24-25H2,1-2,5H3. The largest absolute Gasteiger partial charge is 0.0988 e. The molecule has 0 atom stereocenters. The van der Waals surface area contributed by atoms with Crippen LogP contribution in [-0.2, 0) is 25.7 Å². The van der Waals surface area contributed by atoms with Gasteiger partial charge < -0.3 is 0 Å². The van der Waals surface area contributed by atoms with E-state index in [4.69, 9.17) is 0 Å². The molecule has 0 heterocycles. The molecule has 0 unspecified atom stereocenters. The van der Waals surface area contributed by atoms with Crippen molar-refractivity contribution in [1.29, 1.82) is 0 Å². The van der Waals surface area contributed by atoms with E-state index in [2.05, 4.69) is 101 Å². The minimum Gasteiger partial charge on any atom is -0.0988 e. The maximum Gasteiger partial charge on any atom is -0.00230 e. The molecule has 0 N–H and O–H groups in total. The average Bonchev–Trinajstić information content (AvgIpc) is 2.93. The summed E-state index contributed by atoms with van der Waals surface area (Å²) in [6.07, 6.45) is 12.0. The smallest absolute Gasteiger partial charge is 0.00230 e. The third-order valence-electron chi connectivity index (χ3n) is 7.49. The van der Waals surface area contributed by atoms with Gasteiger partial charge in [-0.05, 0) is 95.5 Å². The van der Waals surface area contributed by atoms with Gasteiger partial charge in [0.25, 0.3) is 0 Å². The van der Waals surface area contributed by atoms with Crippen molar-refractivity contribution < 1.29 is 0 Å². The second kappa shape index (κ2) is 14.5. The quantitative estimate of drug-likeness (QED) is 0.143. The molecule has 0 radical (unpaired) electrons. The highest BCUT2D eigenvalue weighted by atomic mass is 14.2. The van der Waals surface area contributed by atoms with Gasteiger partial charge in [0.05, 0.1) is 0 Å². The molecule has 0 nitrogen and oxygen atoms in total. The van der Waals surface area contributed by atoms with Gasteiger partial charge in [0, 0.05) is 0 Å². The summed E-state index contributed by atoms with van der Waals surface area (Å²) in [7, 11) is 0. The molecule has 0 aliphatic rings. The van der Waals surface area contributed by atoms with E-state index < -0.39 is 0 Å². The van der Waals surface area contributed by atoms with Crippen LogP contribution in [0.3, 0.4) is 0 Å². The Morgan fingerprint density at radius 2 is 1.26 bits per heavy atom. The van der Waals surface area contributed by atoms with Crippen molar-refractivity contribution in [2.75, 3.05) is 0 Å². The number of benzene rings is 3. The Kier molecular flexibility index (Phi) is 11.2. The number of unbranched alkanes of at least 4 members (excludes halogenated alkanes) is 3. The van der Waals surface area contributed by atoms with Crippen LogP contribution in [0.15, 0.2) is 110 Å². The zero-order valence-electron chi connectivity index (χ0n) is 24.0. The zero-order chi connectivity index (χ0) is 27.5. The third kappa shape index (κ3) is 8.06. The third-order valence-corrected chi connectivity index (χ3v) is 7.49. The second-order valence-corrected chi connectivity index (χ2v) is 10.7. The molecule has 38 heavy (non-hydrogen) atoms. The maximum absolute atomic E-state index is 4.32. The van der Waals surface area contributed by atoms with Gasteiger partial charge in [-0.25, -0.2) is 0 Å². The fraction of sp³-hybridized carbons (Fsp3) is 0.316. The van der Waals surface area contributed by atoms with Crippen LogP contribution >= 0.6 is 0 Å². The van der Waals surface area contributed by atoms with Crippen molar-refractivity contribution in [1.82, 2.24) is 0 Å². The van der Waals surface area contributed by atoms with Gasteiger partial charge in [0.1, 0.15) is 0 Å². The van der Waals surface area contributed by atoms with E-state index >= 15 is 0 Å². The van der Waals surface area contributed by atoms with E-state index in [1.54, 1.807) is 0 Å². The van der Waals surface area contributed by atoms with Crippen molar-refractivity contribution in [2.24, 2.45) is 0 Å². The summed E-state index contributed by atoms with van der Waals surface area (Å²) < 4.78 is 0. The van der Waals surface area contributed by atoms with Gasteiger partial charge in [-0.1, -0.05) is 137 Å². The highest BCUT2D eigenvalue weighted by molar-refractivity contribution is 5.74. The zero-order valence-corrected chi connectivity index (χ0v) is 24.0. The lowest BCUT2D eigenvalue weighted by molar-refractivity contribution is 0.717. The second-order valence-electron chi connectivity index (χ2n) is 10.7. The Labute approximate surface area is 232 Å². The van der Waals surface area contributed by atoms with E-state index in [1.165, 1.54) is 83.0 Å². The number of aryl methyl sites for hydroxylation is 2. The first kappa shape index (κ1) is 29.2. The van der Waals surface area contributed by atoms with E-state index in [0.29, 0.717) is 0 Å². The highest BCUT2D eigenvalue weighted by Crippen LogP contribution is 2.33. The normalized spacial score (nSPS) is 10.8. The van der Waals surface area contributed by atoms with E-state index in [1.807, 2.05) is 13.0 Å². The molecule has 0 fully saturated rings. The van der Waals surface area contributed by atoms with Crippen molar-refractivity contribution >= 4 is 0 Å². The van der Waals surface area contributed by atoms with Crippen LogP contribution in [0.1, 0.15) is 75.1 Å². The van der Waals surface area contributed by atoms with Gasteiger partial charge in [-0.2, -0.15) is 0 Å². The van der Waals surface area contributed by atoms with Crippen molar-refractivity contribution in [3.63, 3.8) is 0 Å². The Hall–Kier alpha value is -3.38. The maximum atomic E-state index is 4.32.